The summed E-state index contributed by atoms with van der Waals surface area (Å²) in [7, 11) is 2.79. The maximum absolute atomic E-state index is 1.60. The molecule has 0 aliphatic carbocycles. The quantitative estimate of drug-likeness (QED) is 0.382. The third-order valence-electron chi connectivity index (χ3n) is 1.24. The van der Waals surface area contributed by atoms with Crippen molar-refractivity contribution in [2.45, 2.75) is 16.7 Å². The molecule has 0 aromatic carbocycles. The Balaban J connectivity index is 2.19. The van der Waals surface area contributed by atoms with Gasteiger partial charge in [-0.15, -0.1) is 0 Å². The first-order chi connectivity index (χ1) is 2.47. The van der Waals surface area contributed by atoms with Gasteiger partial charge in [0.05, 0.1) is 0 Å². The molecule has 0 aromatic heterocycles. The predicted octanol–water partition coefficient (Wildman–Crippen LogP) is 0.375. The van der Waals surface area contributed by atoms with E-state index in [9.17, 15) is 0 Å². The van der Waals surface area contributed by atoms with Gasteiger partial charge in [-0.25, -0.2) is 0 Å². The minimum Gasteiger partial charge on any atom is -0.0615 e. The third-order valence-corrected chi connectivity index (χ3v) is 5.96. The summed E-state index contributed by atoms with van der Waals surface area (Å²) in [5, 5.41) is 1.29. The van der Waals surface area contributed by atoms with Gasteiger partial charge in [-0.1, -0.05) is 16.7 Å². The van der Waals surface area contributed by atoms with Crippen LogP contribution in [-0.2, 0) is 0 Å². The van der Waals surface area contributed by atoms with Gasteiger partial charge in [0.15, 0.2) is 0 Å². The molecule has 2 unspecified atom stereocenters. The van der Waals surface area contributed by atoms with Crippen LogP contribution < -0.4 is 0 Å². The highest BCUT2D eigenvalue weighted by Gasteiger charge is 2.46. The molecule has 0 amide bonds. The SMILES string of the molecule is C1[Si]C2[Si]C12. The van der Waals surface area contributed by atoms with Gasteiger partial charge in [0, 0.05) is 19.0 Å². The number of rotatable bonds is 0. The van der Waals surface area contributed by atoms with E-state index in [0.29, 0.717) is 0 Å². The van der Waals surface area contributed by atoms with E-state index >= 15 is 0 Å². The minimum atomic E-state index is 1.27. The van der Waals surface area contributed by atoms with Crippen LogP contribution in [0.25, 0.3) is 0 Å². The van der Waals surface area contributed by atoms with Gasteiger partial charge < -0.3 is 0 Å². The van der Waals surface area contributed by atoms with Crippen molar-refractivity contribution in [3.63, 3.8) is 0 Å². The summed E-state index contributed by atoms with van der Waals surface area (Å²) in [6, 6.07) is 1.60. The molecular formula is C3H4Si2. The minimum absolute atomic E-state index is 1.27. The molecular weight excluding hydrogens is 92.2 g/mol. The zero-order chi connectivity index (χ0) is 3.28. The van der Waals surface area contributed by atoms with E-state index in [2.05, 4.69) is 0 Å². The van der Waals surface area contributed by atoms with Crippen LogP contribution in [0.4, 0.5) is 0 Å². The van der Waals surface area contributed by atoms with Crippen molar-refractivity contribution in [1.82, 2.24) is 0 Å². The molecule has 2 atom stereocenters. The highest BCUT2D eigenvalue weighted by Crippen LogP contribution is 2.53. The van der Waals surface area contributed by atoms with Crippen LogP contribution in [0, 0.1) is 0 Å². The zero-order valence-electron chi connectivity index (χ0n) is 2.86. The summed E-state index contributed by atoms with van der Waals surface area (Å²) in [4.78, 5) is 0. The third kappa shape index (κ3) is 0.201. The largest absolute Gasteiger partial charge is 0.0615 e. The normalized spacial score (nSPS) is 57.6. The molecule has 0 N–H and O–H groups in total. The molecule has 2 aliphatic heterocycles. The Morgan fingerprint density at radius 2 is 2.40 bits per heavy atom. The van der Waals surface area contributed by atoms with Crippen LogP contribution in [0.5, 0.6) is 0 Å². The second kappa shape index (κ2) is 0.587. The number of fused-ring (bicyclic) bond motifs is 1. The molecule has 0 bridgehead atoms. The molecule has 4 radical (unpaired) electrons. The zero-order valence-corrected chi connectivity index (χ0v) is 4.86. The van der Waals surface area contributed by atoms with Gasteiger partial charge in [0.1, 0.15) is 0 Å². The van der Waals surface area contributed by atoms with Gasteiger partial charge in [0.2, 0.25) is 0 Å². The highest BCUT2D eigenvalue weighted by molar-refractivity contribution is 6.79. The lowest BCUT2D eigenvalue weighted by atomic mass is 10.5. The van der Waals surface area contributed by atoms with Gasteiger partial charge in [-0.2, -0.15) is 0 Å². The van der Waals surface area contributed by atoms with Crippen molar-refractivity contribution in [3.05, 3.63) is 0 Å². The van der Waals surface area contributed by atoms with Crippen molar-refractivity contribution in [1.29, 1.82) is 0 Å². The van der Waals surface area contributed by atoms with E-state index in [-0.39, 0.29) is 0 Å². The van der Waals surface area contributed by atoms with Crippen molar-refractivity contribution < 1.29 is 0 Å². The van der Waals surface area contributed by atoms with Gasteiger partial charge in [-0.3, -0.25) is 0 Å². The van der Waals surface area contributed by atoms with Crippen molar-refractivity contribution >= 4 is 19.0 Å². The summed E-state index contributed by atoms with van der Waals surface area (Å²) in [5.74, 6) is 0. The monoisotopic (exact) mass is 96.0 g/mol. The van der Waals surface area contributed by atoms with Crippen molar-refractivity contribution in [3.8, 4) is 0 Å². The average molecular weight is 96.2 g/mol. The Morgan fingerprint density at radius 3 is 2.40 bits per heavy atom. The summed E-state index contributed by atoms with van der Waals surface area (Å²) < 4.78 is 0. The van der Waals surface area contributed by atoms with Crippen LogP contribution in [-0.4, -0.2) is 19.0 Å². The lowest BCUT2D eigenvalue weighted by Crippen LogP contribution is -1.97. The van der Waals surface area contributed by atoms with Crippen molar-refractivity contribution in [2.24, 2.45) is 0 Å². The van der Waals surface area contributed by atoms with Crippen LogP contribution in [0.3, 0.4) is 0 Å². The van der Waals surface area contributed by atoms with E-state index < -0.39 is 0 Å². The number of hydrogen-bond donors (Lipinski definition) is 0. The lowest BCUT2D eigenvalue weighted by Gasteiger charge is -2.03. The molecule has 2 heterocycles. The fraction of sp³-hybridized carbons (Fsp3) is 1.00. The molecule has 2 aliphatic rings. The van der Waals surface area contributed by atoms with E-state index in [1.165, 1.54) is 29.7 Å². The van der Waals surface area contributed by atoms with Crippen LogP contribution >= 0.6 is 0 Å². The van der Waals surface area contributed by atoms with Gasteiger partial charge in [0.25, 0.3) is 0 Å². The first-order valence-corrected chi connectivity index (χ1v) is 4.40. The van der Waals surface area contributed by atoms with Gasteiger partial charge in [-0.05, 0) is 0 Å². The second-order valence-electron chi connectivity index (χ2n) is 1.66. The highest BCUT2D eigenvalue weighted by atomic mass is 28.3. The standard InChI is InChI=1S/C3H4Si2/c1-2-3(4-1)5-2/h2-3H,1H2. The Hall–Kier alpha value is 0.434. The topological polar surface area (TPSA) is 0 Å². The van der Waals surface area contributed by atoms with E-state index in [0.717, 1.165) is 0 Å². The summed E-state index contributed by atoms with van der Waals surface area (Å²) in [6.07, 6.45) is 0. The summed E-state index contributed by atoms with van der Waals surface area (Å²) >= 11 is 0. The Kier molecular flexibility index (Phi) is 0.303. The maximum atomic E-state index is 1.60. The molecule has 0 nitrogen and oxygen atoms in total. The average Bonchev–Trinajstić information content (AvgIpc) is 1.74. The summed E-state index contributed by atoms with van der Waals surface area (Å²) in [5.41, 5.74) is 1.27. The molecule has 2 rings (SSSR count). The van der Waals surface area contributed by atoms with Gasteiger partial charge >= 0.3 is 0 Å². The molecule has 5 heavy (non-hydrogen) atoms. The Morgan fingerprint density at radius 1 is 1.60 bits per heavy atom. The van der Waals surface area contributed by atoms with Crippen LogP contribution in [0.15, 0.2) is 0 Å². The number of hydrogen-bond acceptors (Lipinski definition) is 0. The maximum Gasteiger partial charge on any atom is 0.0406 e. The van der Waals surface area contributed by atoms with Crippen LogP contribution in [0.1, 0.15) is 0 Å². The van der Waals surface area contributed by atoms with Crippen molar-refractivity contribution in [2.75, 3.05) is 0 Å². The Bertz CT molecular complexity index is 49.9. The first kappa shape index (κ1) is 2.58. The fourth-order valence-electron chi connectivity index (χ4n) is 0.646. The van der Waals surface area contributed by atoms with E-state index in [1.807, 2.05) is 0 Å². The Labute approximate surface area is 36.6 Å². The molecule has 2 saturated heterocycles. The van der Waals surface area contributed by atoms with E-state index in [4.69, 9.17) is 0 Å². The second-order valence-corrected chi connectivity index (χ2v) is 5.37. The molecule has 0 saturated carbocycles. The van der Waals surface area contributed by atoms with E-state index in [1.54, 1.807) is 6.04 Å². The summed E-state index contributed by atoms with van der Waals surface area (Å²) in [6.45, 7) is 0. The molecule has 0 spiro atoms. The molecule has 24 valence electrons. The van der Waals surface area contributed by atoms with Crippen LogP contribution in [0.2, 0.25) is 16.7 Å². The molecule has 2 heteroatoms. The smallest absolute Gasteiger partial charge is 0.0406 e. The molecule has 2 fully saturated rings. The molecule has 0 aromatic rings. The first-order valence-electron chi connectivity index (χ1n) is 1.96. The lowest BCUT2D eigenvalue weighted by molar-refractivity contribution is 1.05. The fourth-order valence-corrected chi connectivity index (χ4v) is 4.70. The predicted molar refractivity (Wildman–Crippen MR) is 23.8 cm³/mol.